The zero-order valence-corrected chi connectivity index (χ0v) is 7.77. The van der Waals surface area contributed by atoms with E-state index >= 15 is 0 Å². The maximum absolute atomic E-state index is 12.9. The third-order valence-electron chi connectivity index (χ3n) is 1.79. The first-order valence-electron chi connectivity index (χ1n) is 3.70. The summed E-state index contributed by atoms with van der Waals surface area (Å²) in [5, 5.41) is 8.77. The fraction of sp³-hybridized carbons (Fsp3) is 0.222. The molecular weight excluding hydrogens is 191 g/mol. The molecule has 68 valence electrons. The summed E-state index contributed by atoms with van der Waals surface area (Å²) in [4.78, 5) is 0. The van der Waals surface area contributed by atoms with Gasteiger partial charge in [0.2, 0.25) is 0 Å². The molecule has 1 atom stereocenters. The van der Waals surface area contributed by atoms with Crippen LogP contribution in [0.4, 0.5) is 10.1 Å². The Balaban J connectivity index is 3.30. The van der Waals surface area contributed by atoms with Gasteiger partial charge in [-0.25, -0.2) is 4.39 Å². The maximum Gasteiger partial charge on any atom is 0.125 e. The molecule has 0 aliphatic rings. The molecule has 0 heterocycles. The number of benzene rings is 1. The van der Waals surface area contributed by atoms with Crippen molar-refractivity contribution >= 4 is 17.3 Å². The Kier molecular flexibility index (Phi) is 2.74. The fourth-order valence-electron chi connectivity index (χ4n) is 1.03. The van der Waals surface area contributed by atoms with Crippen LogP contribution in [-0.4, -0.2) is 0 Å². The van der Waals surface area contributed by atoms with Crippen LogP contribution in [0.1, 0.15) is 18.4 Å². The van der Waals surface area contributed by atoms with Crippen molar-refractivity contribution < 1.29 is 4.39 Å². The Morgan fingerprint density at radius 1 is 1.62 bits per heavy atom. The lowest BCUT2D eigenvalue weighted by atomic mass is 10.0. The molecule has 0 amide bonds. The molecule has 0 spiro atoms. The van der Waals surface area contributed by atoms with E-state index in [1.165, 1.54) is 6.07 Å². The first kappa shape index (κ1) is 9.82. The highest BCUT2D eigenvalue weighted by Crippen LogP contribution is 2.29. The number of nitriles is 1. The molecule has 0 aliphatic carbocycles. The number of anilines is 1. The van der Waals surface area contributed by atoms with Crippen molar-refractivity contribution in [2.75, 3.05) is 5.73 Å². The number of hydrogen-bond acceptors (Lipinski definition) is 2. The fourth-order valence-corrected chi connectivity index (χ4v) is 1.25. The van der Waals surface area contributed by atoms with Gasteiger partial charge >= 0.3 is 0 Å². The highest BCUT2D eigenvalue weighted by atomic mass is 35.5. The van der Waals surface area contributed by atoms with E-state index in [1.54, 1.807) is 6.92 Å². The summed E-state index contributed by atoms with van der Waals surface area (Å²) in [5.41, 5.74) is 6.29. The molecule has 1 aromatic rings. The minimum atomic E-state index is -0.476. The predicted octanol–water partition coefficient (Wildman–Crippen LogP) is 2.69. The number of rotatable bonds is 1. The van der Waals surface area contributed by atoms with Crippen LogP contribution in [0, 0.1) is 17.1 Å². The van der Waals surface area contributed by atoms with Crippen LogP contribution in [0.3, 0.4) is 0 Å². The van der Waals surface area contributed by atoms with Crippen molar-refractivity contribution in [2.45, 2.75) is 12.8 Å². The second-order valence-electron chi connectivity index (χ2n) is 2.74. The Morgan fingerprint density at radius 3 is 2.77 bits per heavy atom. The molecule has 2 nitrogen and oxygen atoms in total. The van der Waals surface area contributed by atoms with Gasteiger partial charge in [0.05, 0.1) is 22.7 Å². The van der Waals surface area contributed by atoms with E-state index in [-0.39, 0.29) is 10.7 Å². The molecule has 1 rings (SSSR count). The quantitative estimate of drug-likeness (QED) is 0.706. The Hall–Kier alpha value is -1.27. The Labute approximate surface area is 80.7 Å². The van der Waals surface area contributed by atoms with Gasteiger partial charge < -0.3 is 5.73 Å². The van der Waals surface area contributed by atoms with E-state index < -0.39 is 11.7 Å². The average Bonchev–Trinajstić information content (AvgIpc) is 2.10. The molecule has 1 unspecified atom stereocenters. The minimum Gasteiger partial charge on any atom is -0.397 e. The molecule has 1 aromatic carbocycles. The van der Waals surface area contributed by atoms with Gasteiger partial charge in [-0.05, 0) is 24.6 Å². The molecular formula is C9H8ClFN2. The van der Waals surface area contributed by atoms with Crippen LogP contribution in [0.2, 0.25) is 5.02 Å². The van der Waals surface area contributed by atoms with E-state index in [4.69, 9.17) is 22.6 Å². The second kappa shape index (κ2) is 3.63. The lowest BCUT2D eigenvalue weighted by Gasteiger charge is -2.08. The smallest absolute Gasteiger partial charge is 0.125 e. The van der Waals surface area contributed by atoms with Crippen molar-refractivity contribution in [1.29, 1.82) is 5.26 Å². The van der Waals surface area contributed by atoms with Crippen molar-refractivity contribution in [2.24, 2.45) is 0 Å². The average molecular weight is 199 g/mol. The third kappa shape index (κ3) is 1.90. The molecule has 0 aliphatic heterocycles. The van der Waals surface area contributed by atoms with E-state index in [2.05, 4.69) is 0 Å². The second-order valence-corrected chi connectivity index (χ2v) is 3.15. The van der Waals surface area contributed by atoms with E-state index in [0.717, 1.165) is 6.07 Å². The number of nitrogens with two attached hydrogens (primary N) is 1. The largest absolute Gasteiger partial charge is 0.397 e. The van der Waals surface area contributed by atoms with Gasteiger partial charge in [0.25, 0.3) is 0 Å². The molecule has 0 radical (unpaired) electrons. The van der Waals surface area contributed by atoms with E-state index in [9.17, 15) is 4.39 Å². The molecule has 2 N–H and O–H groups in total. The number of hydrogen-bond donors (Lipinski definition) is 1. The molecule has 0 fully saturated rings. The Morgan fingerprint density at radius 2 is 2.23 bits per heavy atom. The van der Waals surface area contributed by atoms with Crippen LogP contribution < -0.4 is 5.73 Å². The summed E-state index contributed by atoms with van der Waals surface area (Å²) in [5.74, 6) is -0.926. The number of nitrogens with zero attached hydrogens (tertiary/aromatic N) is 1. The van der Waals surface area contributed by atoms with Gasteiger partial charge in [-0.2, -0.15) is 5.26 Å². The van der Waals surface area contributed by atoms with E-state index in [0.29, 0.717) is 5.56 Å². The number of halogens is 2. The molecule has 13 heavy (non-hydrogen) atoms. The summed E-state index contributed by atoms with van der Waals surface area (Å²) in [6, 6.07) is 4.33. The first-order chi connectivity index (χ1) is 6.06. The normalized spacial score (nSPS) is 12.2. The standard InChI is InChI=1S/C9H8ClFN2/c1-5(4-12)7-2-6(11)3-8(10)9(7)13/h2-3,5H,13H2,1H3. The minimum absolute atomic E-state index is 0.150. The van der Waals surface area contributed by atoms with Crippen molar-refractivity contribution in [3.8, 4) is 6.07 Å². The molecule has 0 saturated heterocycles. The van der Waals surface area contributed by atoms with Gasteiger partial charge in [-0.3, -0.25) is 0 Å². The zero-order chi connectivity index (χ0) is 10.0. The monoisotopic (exact) mass is 198 g/mol. The topological polar surface area (TPSA) is 49.8 Å². The van der Waals surface area contributed by atoms with Crippen LogP contribution in [0.5, 0.6) is 0 Å². The summed E-state index contributed by atoms with van der Waals surface area (Å²) >= 11 is 5.65. The lowest BCUT2D eigenvalue weighted by molar-refractivity contribution is 0.625. The van der Waals surface area contributed by atoms with Gasteiger partial charge in [0, 0.05) is 0 Å². The molecule has 0 saturated carbocycles. The predicted molar refractivity (Wildman–Crippen MR) is 49.9 cm³/mol. The molecule has 0 aromatic heterocycles. The van der Waals surface area contributed by atoms with Gasteiger partial charge in [-0.1, -0.05) is 11.6 Å². The van der Waals surface area contributed by atoms with Crippen LogP contribution in [0.15, 0.2) is 12.1 Å². The summed E-state index contributed by atoms with van der Waals surface area (Å²) in [7, 11) is 0. The summed E-state index contributed by atoms with van der Waals surface area (Å²) < 4.78 is 12.9. The van der Waals surface area contributed by atoms with Gasteiger partial charge in [-0.15, -0.1) is 0 Å². The zero-order valence-electron chi connectivity index (χ0n) is 7.01. The third-order valence-corrected chi connectivity index (χ3v) is 2.10. The van der Waals surface area contributed by atoms with Crippen molar-refractivity contribution in [1.82, 2.24) is 0 Å². The van der Waals surface area contributed by atoms with Crippen LogP contribution in [0.25, 0.3) is 0 Å². The van der Waals surface area contributed by atoms with Gasteiger partial charge in [0.15, 0.2) is 0 Å². The highest BCUT2D eigenvalue weighted by Gasteiger charge is 2.12. The van der Waals surface area contributed by atoms with Gasteiger partial charge in [0.1, 0.15) is 5.82 Å². The SMILES string of the molecule is CC(C#N)c1cc(F)cc(Cl)c1N. The number of nitrogen functional groups attached to an aromatic ring is 1. The maximum atomic E-state index is 12.9. The van der Waals surface area contributed by atoms with E-state index in [1.807, 2.05) is 6.07 Å². The first-order valence-corrected chi connectivity index (χ1v) is 4.08. The summed E-state index contributed by atoms with van der Waals surface area (Å²) in [6.45, 7) is 1.64. The van der Waals surface area contributed by atoms with Crippen LogP contribution in [-0.2, 0) is 0 Å². The summed E-state index contributed by atoms with van der Waals surface area (Å²) in [6.07, 6.45) is 0. The molecule has 0 bridgehead atoms. The van der Waals surface area contributed by atoms with Crippen molar-refractivity contribution in [3.63, 3.8) is 0 Å². The van der Waals surface area contributed by atoms with Crippen LogP contribution >= 0.6 is 11.6 Å². The highest BCUT2D eigenvalue weighted by molar-refractivity contribution is 6.33. The Bertz CT molecular complexity index is 371. The van der Waals surface area contributed by atoms with Crippen molar-refractivity contribution in [3.05, 3.63) is 28.5 Å². The lowest BCUT2D eigenvalue weighted by Crippen LogP contribution is -1.99. The molecule has 4 heteroatoms.